The summed E-state index contributed by atoms with van der Waals surface area (Å²) in [6.07, 6.45) is 1.77. The number of hydrogen-bond acceptors (Lipinski definition) is 4. The lowest BCUT2D eigenvalue weighted by molar-refractivity contribution is -0.116. The van der Waals surface area contributed by atoms with Crippen LogP contribution in [0.3, 0.4) is 0 Å². The van der Waals surface area contributed by atoms with Crippen molar-refractivity contribution in [2.75, 3.05) is 17.2 Å². The van der Waals surface area contributed by atoms with Crippen molar-refractivity contribution in [3.05, 3.63) is 126 Å². The Labute approximate surface area is 228 Å². The van der Waals surface area contributed by atoms with Gasteiger partial charge in [-0.25, -0.2) is 0 Å². The minimum Gasteiger partial charge on any atom is -0.492 e. The second-order valence-electron chi connectivity index (χ2n) is 8.60. The van der Waals surface area contributed by atoms with Gasteiger partial charge in [0.2, 0.25) is 5.91 Å². The highest BCUT2D eigenvalue weighted by molar-refractivity contribution is 7.80. The molecule has 0 aliphatic heterocycles. The molecule has 4 rings (SSSR count). The molecule has 0 bridgehead atoms. The quantitative estimate of drug-likeness (QED) is 0.222. The molecule has 0 radical (unpaired) electrons. The van der Waals surface area contributed by atoms with Gasteiger partial charge in [-0.1, -0.05) is 78.9 Å². The molecule has 4 aromatic carbocycles. The molecule has 2 amide bonds. The molecule has 0 aliphatic carbocycles. The standard InChI is InChI=1S/C31H29N3O3S/c35-29(19-18-23-10-3-1-4-11-23)32-25-14-9-15-26(22-25)33-31(38)34-30(36)27-16-7-8-17-28(27)37-21-20-24-12-5-2-6-13-24/h1-17,22H,18-21H2,(H,32,35)(H2,33,34,36,38). The van der Waals surface area contributed by atoms with Crippen molar-refractivity contribution in [1.82, 2.24) is 5.32 Å². The molecule has 192 valence electrons. The van der Waals surface area contributed by atoms with Gasteiger partial charge in [-0.05, 0) is 60.1 Å². The van der Waals surface area contributed by atoms with Crippen LogP contribution in [-0.4, -0.2) is 23.5 Å². The van der Waals surface area contributed by atoms with Gasteiger partial charge in [0.05, 0.1) is 12.2 Å². The molecule has 0 aromatic heterocycles. The second-order valence-corrected chi connectivity index (χ2v) is 9.01. The molecule has 0 aliphatic rings. The van der Waals surface area contributed by atoms with E-state index in [0.29, 0.717) is 42.1 Å². The van der Waals surface area contributed by atoms with E-state index in [1.807, 2.05) is 66.7 Å². The van der Waals surface area contributed by atoms with Crippen LogP contribution in [0.25, 0.3) is 0 Å². The zero-order valence-electron chi connectivity index (χ0n) is 20.9. The van der Waals surface area contributed by atoms with Crippen molar-refractivity contribution in [3.8, 4) is 5.75 Å². The molecular formula is C31H29N3O3S. The lowest BCUT2D eigenvalue weighted by Gasteiger charge is -2.14. The topological polar surface area (TPSA) is 79.5 Å². The maximum Gasteiger partial charge on any atom is 0.261 e. The fourth-order valence-corrected chi connectivity index (χ4v) is 4.05. The Morgan fingerprint density at radius 3 is 2.00 bits per heavy atom. The lowest BCUT2D eigenvalue weighted by atomic mass is 10.1. The normalized spacial score (nSPS) is 10.3. The average molecular weight is 524 g/mol. The Morgan fingerprint density at radius 1 is 0.684 bits per heavy atom. The van der Waals surface area contributed by atoms with Crippen LogP contribution in [0.15, 0.2) is 109 Å². The van der Waals surface area contributed by atoms with Crippen LogP contribution >= 0.6 is 12.2 Å². The van der Waals surface area contributed by atoms with Gasteiger partial charge in [-0.3, -0.25) is 14.9 Å². The van der Waals surface area contributed by atoms with Crippen LogP contribution in [0, 0.1) is 0 Å². The van der Waals surface area contributed by atoms with Crippen molar-refractivity contribution < 1.29 is 14.3 Å². The third-order valence-corrected chi connectivity index (χ3v) is 5.94. The highest BCUT2D eigenvalue weighted by Crippen LogP contribution is 2.19. The Bertz CT molecular complexity index is 1380. The fourth-order valence-electron chi connectivity index (χ4n) is 3.84. The third kappa shape index (κ3) is 8.28. The molecule has 0 saturated carbocycles. The molecule has 3 N–H and O–H groups in total. The summed E-state index contributed by atoms with van der Waals surface area (Å²) >= 11 is 5.36. The highest BCUT2D eigenvalue weighted by Gasteiger charge is 2.14. The van der Waals surface area contributed by atoms with E-state index < -0.39 is 0 Å². The molecule has 4 aromatic rings. The van der Waals surface area contributed by atoms with Crippen LogP contribution < -0.4 is 20.7 Å². The van der Waals surface area contributed by atoms with E-state index in [0.717, 1.165) is 17.5 Å². The molecular weight excluding hydrogens is 494 g/mol. The SMILES string of the molecule is O=C(CCc1ccccc1)Nc1cccc(NC(=S)NC(=O)c2ccccc2OCCc2ccccc2)c1. The predicted molar refractivity (Wildman–Crippen MR) is 156 cm³/mol. The predicted octanol–water partition coefficient (Wildman–Crippen LogP) is 6.01. The van der Waals surface area contributed by atoms with Gasteiger partial charge in [0.15, 0.2) is 5.11 Å². The van der Waals surface area contributed by atoms with E-state index in [2.05, 4.69) is 16.0 Å². The maximum atomic E-state index is 12.9. The molecule has 6 nitrogen and oxygen atoms in total. The van der Waals surface area contributed by atoms with Crippen LogP contribution in [0.4, 0.5) is 11.4 Å². The highest BCUT2D eigenvalue weighted by atomic mass is 32.1. The zero-order chi connectivity index (χ0) is 26.6. The van der Waals surface area contributed by atoms with Gasteiger partial charge >= 0.3 is 0 Å². The van der Waals surface area contributed by atoms with Crippen molar-refractivity contribution in [2.24, 2.45) is 0 Å². The number of rotatable bonds is 10. The van der Waals surface area contributed by atoms with Crippen molar-refractivity contribution >= 4 is 40.5 Å². The number of hydrogen-bond donors (Lipinski definition) is 3. The summed E-state index contributed by atoms with van der Waals surface area (Å²) in [6, 6.07) is 34.1. The summed E-state index contributed by atoms with van der Waals surface area (Å²) in [5.41, 5.74) is 3.95. The molecule has 0 spiro atoms. The van der Waals surface area contributed by atoms with Crippen LogP contribution in [0.2, 0.25) is 0 Å². The van der Waals surface area contributed by atoms with Crippen LogP contribution in [0.1, 0.15) is 27.9 Å². The van der Waals surface area contributed by atoms with Crippen LogP contribution in [0.5, 0.6) is 5.75 Å². The van der Waals surface area contributed by atoms with E-state index in [1.165, 1.54) is 0 Å². The number of amides is 2. The van der Waals surface area contributed by atoms with Gasteiger partial charge in [0.1, 0.15) is 5.75 Å². The number of thiocarbonyl (C=S) groups is 1. The molecule has 0 unspecified atom stereocenters. The molecule has 0 atom stereocenters. The minimum atomic E-state index is -0.372. The molecule has 0 fully saturated rings. The number of anilines is 2. The molecule has 0 saturated heterocycles. The summed E-state index contributed by atoms with van der Waals surface area (Å²) < 4.78 is 5.90. The van der Waals surface area contributed by atoms with Gasteiger partial charge in [-0.15, -0.1) is 0 Å². The van der Waals surface area contributed by atoms with Crippen LogP contribution in [-0.2, 0) is 17.6 Å². The zero-order valence-corrected chi connectivity index (χ0v) is 21.7. The number of aryl methyl sites for hydroxylation is 1. The smallest absolute Gasteiger partial charge is 0.261 e. The lowest BCUT2D eigenvalue weighted by Crippen LogP contribution is -2.34. The van der Waals surface area contributed by atoms with E-state index in [9.17, 15) is 9.59 Å². The largest absolute Gasteiger partial charge is 0.492 e. The van der Waals surface area contributed by atoms with Gasteiger partial charge in [0, 0.05) is 24.2 Å². The monoisotopic (exact) mass is 523 g/mol. The first-order valence-electron chi connectivity index (χ1n) is 12.4. The number of para-hydroxylation sites is 1. The van der Waals surface area contributed by atoms with Gasteiger partial charge in [-0.2, -0.15) is 0 Å². The summed E-state index contributed by atoms with van der Waals surface area (Å²) in [7, 11) is 0. The Hall–Kier alpha value is -4.49. The number of benzene rings is 4. The van der Waals surface area contributed by atoms with Gasteiger partial charge in [0.25, 0.3) is 5.91 Å². The number of nitrogens with one attached hydrogen (secondary N) is 3. The first kappa shape index (κ1) is 26.6. The summed E-state index contributed by atoms with van der Waals surface area (Å²) in [6.45, 7) is 0.445. The van der Waals surface area contributed by atoms with E-state index in [1.54, 1.807) is 42.5 Å². The third-order valence-electron chi connectivity index (χ3n) is 5.74. The number of carbonyl (C=O) groups is 2. The fraction of sp³-hybridized carbons (Fsp3) is 0.129. The molecule has 0 heterocycles. The Balaban J connectivity index is 1.28. The first-order valence-corrected chi connectivity index (χ1v) is 12.8. The van der Waals surface area contributed by atoms with E-state index in [4.69, 9.17) is 17.0 Å². The van der Waals surface area contributed by atoms with Crippen molar-refractivity contribution in [3.63, 3.8) is 0 Å². The van der Waals surface area contributed by atoms with Crippen molar-refractivity contribution in [1.29, 1.82) is 0 Å². The summed E-state index contributed by atoms with van der Waals surface area (Å²) in [4.78, 5) is 25.3. The number of carbonyl (C=O) groups excluding carboxylic acids is 2. The van der Waals surface area contributed by atoms with E-state index >= 15 is 0 Å². The average Bonchev–Trinajstić information content (AvgIpc) is 2.93. The minimum absolute atomic E-state index is 0.0780. The second kappa shape index (κ2) is 13.7. The Kier molecular flexibility index (Phi) is 9.59. The number of ether oxygens (including phenoxy) is 1. The van der Waals surface area contributed by atoms with Gasteiger partial charge < -0.3 is 15.4 Å². The Morgan fingerprint density at radius 2 is 1.29 bits per heavy atom. The van der Waals surface area contributed by atoms with Crippen molar-refractivity contribution in [2.45, 2.75) is 19.3 Å². The first-order chi connectivity index (χ1) is 18.6. The van der Waals surface area contributed by atoms with E-state index in [-0.39, 0.29) is 16.9 Å². The summed E-state index contributed by atoms with van der Waals surface area (Å²) in [5, 5.41) is 8.76. The molecule has 38 heavy (non-hydrogen) atoms. The summed E-state index contributed by atoms with van der Waals surface area (Å²) in [5.74, 6) is 0.0397. The molecule has 7 heteroatoms. The maximum absolute atomic E-state index is 12.9.